The number of hydrogen-bond acceptors (Lipinski definition) is 2. The van der Waals surface area contributed by atoms with E-state index in [1.165, 1.54) is 0 Å². The third-order valence-corrected chi connectivity index (χ3v) is 0.777. The fourth-order valence-electron chi connectivity index (χ4n) is 0.446. The number of allylic oxidation sites excluding steroid dienone is 2. The Morgan fingerprint density at radius 1 is 1.78 bits per heavy atom. The van der Waals surface area contributed by atoms with E-state index >= 15 is 0 Å². The monoisotopic (exact) mass is 120 g/mol. The summed E-state index contributed by atoms with van der Waals surface area (Å²) >= 11 is 0. The highest BCUT2D eigenvalue weighted by atomic mass is 15.2. The zero-order chi connectivity index (χ0) is 6.53. The molecule has 1 N–H and O–H groups in total. The summed E-state index contributed by atoms with van der Waals surface area (Å²) in [6.45, 7) is 0. The predicted molar refractivity (Wildman–Crippen MR) is 33.0 cm³/mol. The molecule has 1 heterocycles. The number of rotatable bonds is 1. The standard InChI is InChI=1S/C5H4N4/c6-9-8-5-3-1-2-4-7-5/h1-2,4,7H. The fraction of sp³-hybridized carbons (Fsp3) is 0. The molecule has 0 atom stereocenters. The Balaban J connectivity index is 2.85. The van der Waals surface area contributed by atoms with E-state index in [9.17, 15) is 0 Å². The maximum absolute atomic E-state index is 7.94. The topological polar surface area (TPSA) is 60.8 Å². The lowest BCUT2D eigenvalue weighted by Crippen LogP contribution is -2.01. The predicted octanol–water partition coefficient (Wildman–Crippen LogP) is 1.41. The van der Waals surface area contributed by atoms with Crippen molar-refractivity contribution in [3.63, 3.8) is 0 Å². The maximum atomic E-state index is 7.94. The molecular formula is C5H4N4. The van der Waals surface area contributed by atoms with Gasteiger partial charge in [0.2, 0.25) is 0 Å². The summed E-state index contributed by atoms with van der Waals surface area (Å²) in [5.74, 6) is 0.403. The van der Waals surface area contributed by atoms with Crippen molar-refractivity contribution in [2.24, 2.45) is 5.11 Å². The van der Waals surface area contributed by atoms with Crippen molar-refractivity contribution >= 4 is 0 Å². The SMILES string of the molecule is [N-]=[N+]=NC1=C=CC=CN1. The van der Waals surface area contributed by atoms with Gasteiger partial charge in [-0.05, 0) is 22.8 Å². The first kappa shape index (κ1) is 5.51. The molecule has 4 heteroatoms. The third-order valence-electron chi connectivity index (χ3n) is 0.777. The molecule has 0 unspecified atom stereocenters. The van der Waals surface area contributed by atoms with Crippen LogP contribution in [-0.2, 0) is 0 Å². The quantitative estimate of drug-likeness (QED) is 0.242. The van der Waals surface area contributed by atoms with E-state index in [-0.39, 0.29) is 0 Å². The first-order valence-corrected chi connectivity index (χ1v) is 2.37. The number of azide groups is 1. The van der Waals surface area contributed by atoms with Crippen LogP contribution in [0.2, 0.25) is 0 Å². The van der Waals surface area contributed by atoms with Crippen molar-refractivity contribution in [2.75, 3.05) is 0 Å². The molecular weight excluding hydrogens is 116 g/mol. The Morgan fingerprint density at radius 3 is 3.22 bits per heavy atom. The van der Waals surface area contributed by atoms with Gasteiger partial charge in [0.05, 0.1) is 0 Å². The van der Waals surface area contributed by atoms with E-state index in [2.05, 4.69) is 21.1 Å². The molecule has 0 saturated heterocycles. The molecule has 0 saturated carbocycles. The average Bonchev–Trinajstić information content (AvgIpc) is 1.91. The van der Waals surface area contributed by atoms with Crippen molar-refractivity contribution < 1.29 is 0 Å². The molecule has 0 spiro atoms. The van der Waals surface area contributed by atoms with Crippen LogP contribution in [0.1, 0.15) is 0 Å². The Morgan fingerprint density at radius 2 is 2.67 bits per heavy atom. The smallest absolute Gasteiger partial charge is 0.145 e. The Bertz CT molecular complexity index is 238. The van der Waals surface area contributed by atoms with Gasteiger partial charge < -0.3 is 5.32 Å². The van der Waals surface area contributed by atoms with E-state index in [4.69, 9.17) is 5.53 Å². The number of nitrogens with one attached hydrogen (secondary N) is 1. The van der Waals surface area contributed by atoms with E-state index in [1.807, 2.05) is 0 Å². The van der Waals surface area contributed by atoms with Gasteiger partial charge in [-0.1, -0.05) is 5.73 Å². The van der Waals surface area contributed by atoms with Crippen LogP contribution in [0.15, 0.2) is 35.0 Å². The van der Waals surface area contributed by atoms with Crippen molar-refractivity contribution in [1.29, 1.82) is 0 Å². The van der Waals surface area contributed by atoms with E-state index in [0.717, 1.165) is 0 Å². The Labute approximate surface area is 51.8 Å². The van der Waals surface area contributed by atoms with Gasteiger partial charge in [-0.3, -0.25) is 0 Å². The van der Waals surface area contributed by atoms with Crippen LogP contribution >= 0.6 is 0 Å². The van der Waals surface area contributed by atoms with Crippen molar-refractivity contribution in [2.45, 2.75) is 0 Å². The lowest BCUT2D eigenvalue weighted by molar-refractivity contribution is 1.01. The van der Waals surface area contributed by atoms with Gasteiger partial charge in [-0.2, -0.15) is 0 Å². The molecule has 4 nitrogen and oxygen atoms in total. The molecule has 0 amide bonds. The van der Waals surface area contributed by atoms with Gasteiger partial charge in [0.15, 0.2) is 0 Å². The normalized spacial score (nSPS) is 13.6. The summed E-state index contributed by atoms with van der Waals surface area (Å²) in [5.41, 5.74) is 10.6. The second-order valence-corrected chi connectivity index (χ2v) is 1.35. The van der Waals surface area contributed by atoms with Gasteiger partial charge in [-0.25, -0.2) is 0 Å². The van der Waals surface area contributed by atoms with E-state index < -0.39 is 0 Å². The third kappa shape index (κ3) is 1.39. The molecule has 0 aromatic carbocycles. The molecule has 0 aromatic rings. The molecule has 0 fully saturated rings. The molecule has 0 aromatic heterocycles. The molecule has 1 rings (SSSR count). The average molecular weight is 120 g/mol. The highest BCUT2D eigenvalue weighted by Crippen LogP contribution is 1.92. The number of hydrogen-bond donors (Lipinski definition) is 1. The summed E-state index contributed by atoms with van der Waals surface area (Å²) in [5, 5.41) is 5.97. The van der Waals surface area contributed by atoms with Crippen LogP contribution in [0.25, 0.3) is 10.4 Å². The first-order chi connectivity index (χ1) is 4.43. The summed E-state index contributed by atoms with van der Waals surface area (Å²) in [6, 6.07) is 0. The lowest BCUT2D eigenvalue weighted by atomic mass is 10.5. The van der Waals surface area contributed by atoms with E-state index in [0.29, 0.717) is 5.82 Å². The molecule has 0 bridgehead atoms. The van der Waals surface area contributed by atoms with Crippen LogP contribution < -0.4 is 5.32 Å². The van der Waals surface area contributed by atoms with Crippen molar-refractivity contribution in [3.8, 4) is 0 Å². The minimum atomic E-state index is 0.403. The molecule has 44 valence electrons. The second-order valence-electron chi connectivity index (χ2n) is 1.35. The molecule has 1 aliphatic heterocycles. The first-order valence-electron chi connectivity index (χ1n) is 2.37. The largest absolute Gasteiger partial charge is 0.353 e. The van der Waals surface area contributed by atoms with Crippen LogP contribution in [0.3, 0.4) is 0 Å². The van der Waals surface area contributed by atoms with Crippen molar-refractivity contribution in [1.82, 2.24) is 5.32 Å². The fourth-order valence-corrected chi connectivity index (χ4v) is 0.446. The van der Waals surface area contributed by atoms with Crippen LogP contribution in [0.5, 0.6) is 0 Å². The van der Waals surface area contributed by atoms with Gasteiger partial charge in [0.1, 0.15) is 5.82 Å². The number of nitrogens with zero attached hydrogens (tertiary/aromatic N) is 3. The summed E-state index contributed by atoms with van der Waals surface area (Å²) in [4.78, 5) is 2.57. The lowest BCUT2D eigenvalue weighted by Gasteiger charge is -1.95. The zero-order valence-electron chi connectivity index (χ0n) is 4.57. The Kier molecular flexibility index (Phi) is 1.60. The summed E-state index contributed by atoms with van der Waals surface area (Å²) < 4.78 is 0. The van der Waals surface area contributed by atoms with Crippen LogP contribution in [-0.4, -0.2) is 0 Å². The highest BCUT2D eigenvalue weighted by molar-refractivity contribution is 5.14. The van der Waals surface area contributed by atoms with Gasteiger partial charge in [0, 0.05) is 11.1 Å². The van der Waals surface area contributed by atoms with Crippen LogP contribution in [0, 0.1) is 0 Å². The summed E-state index contributed by atoms with van der Waals surface area (Å²) in [6.07, 6.45) is 5.09. The second kappa shape index (κ2) is 2.62. The maximum Gasteiger partial charge on any atom is 0.145 e. The molecule has 1 aliphatic rings. The van der Waals surface area contributed by atoms with Crippen molar-refractivity contribution in [3.05, 3.63) is 40.3 Å². The molecule has 0 aliphatic carbocycles. The minimum Gasteiger partial charge on any atom is -0.353 e. The zero-order valence-corrected chi connectivity index (χ0v) is 4.57. The minimum absolute atomic E-state index is 0.403. The van der Waals surface area contributed by atoms with Crippen LogP contribution in [0.4, 0.5) is 0 Å². The summed E-state index contributed by atoms with van der Waals surface area (Å²) in [7, 11) is 0. The van der Waals surface area contributed by atoms with Gasteiger partial charge in [-0.15, -0.1) is 0 Å². The molecule has 9 heavy (non-hydrogen) atoms. The van der Waals surface area contributed by atoms with Gasteiger partial charge in [0.25, 0.3) is 0 Å². The Hall–Kier alpha value is -1.63. The van der Waals surface area contributed by atoms with Gasteiger partial charge >= 0.3 is 0 Å². The molecule has 0 radical (unpaired) electrons. The highest BCUT2D eigenvalue weighted by Gasteiger charge is 1.85. The van der Waals surface area contributed by atoms with E-state index in [1.54, 1.807) is 18.4 Å².